The van der Waals surface area contributed by atoms with Gasteiger partial charge in [-0.15, -0.1) is 0 Å². The van der Waals surface area contributed by atoms with E-state index in [0.717, 1.165) is 36.1 Å². The molecule has 7 heteroatoms. The molecule has 2 aromatic rings. The van der Waals surface area contributed by atoms with Gasteiger partial charge in [-0.3, -0.25) is 9.52 Å². The second-order valence-electron chi connectivity index (χ2n) is 6.53. The number of carbonyl (C=O) groups is 1. The number of methoxy groups -OCH3 is 1. The van der Waals surface area contributed by atoms with Crippen molar-refractivity contribution >= 4 is 27.3 Å². The van der Waals surface area contributed by atoms with Crippen LogP contribution in [0.5, 0.6) is 0 Å². The van der Waals surface area contributed by atoms with Crippen LogP contribution in [0.2, 0.25) is 0 Å². The van der Waals surface area contributed by atoms with Gasteiger partial charge >= 0.3 is 0 Å². The fourth-order valence-corrected chi connectivity index (χ4v) is 4.29. The number of anilines is 2. The predicted molar refractivity (Wildman–Crippen MR) is 106 cm³/mol. The molecule has 0 bridgehead atoms. The summed E-state index contributed by atoms with van der Waals surface area (Å²) in [6.07, 6.45) is 2.49. The van der Waals surface area contributed by atoms with Crippen LogP contribution in [0.4, 0.5) is 11.4 Å². The highest BCUT2D eigenvalue weighted by Gasteiger charge is 2.23. The molecule has 144 valence electrons. The second kappa shape index (κ2) is 8.10. The Labute approximate surface area is 160 Å². The SMILES string of the molecule is CCc1ccc(S(=O)(=O)Nc2ccc3c(c2)CCCN3C(=O)COC)cc1. The van der Waals surface area contributed by atoms with E-state index < -0.39 is 10.0 Å². The van der Waals surface area contributed by atoms with Crippen molar-refractivity contribution < 1.29 is 17.9 Å². The van der Waals surface area contributed by atoms with E-state index in [1.54, 1.807) is 35.2 Å². The summed E-state index contributed by atoms with van der Waals surface area (Å²) in [7, 11) is -2.16. The maximum atomic E-state index is 12.6. The largest absolute Gasteiger partial charge is 0.375 e. The van der Waals surface area contributed by atoms with E-state index in [1.807, 2.05) is 19.1 Å². The zero-order valence-electron chi connectivity index (χ0n) is 15.6. The Balaban J connectivity index is 1.83. The first-order valence-electron chi connectivity index (χ1n) is 8.98. The van der Waals surface area contributed by atoms with E-state index in [4.69, 9.17) is 4.74 Å². The van der Waals surface area contributed by atoms with Gasteiger partial charge in [-0.1, -0.05) is 19.1 Å². The molecule has 1 aliphatic rings. The summed E-state index contributed by atoms with van der Waals surface area (Å²) in [5.74, 6) is -0.0946. The van der Waals surface area contributed by atoms with Crippen LogP contribution in [0.25, 0.3) is 0 Å². The Morgan fingerprint density at radius 1 is 1.19 bits per heavy atom. The van der Waals surface area contributed by atoms with Gasteiger partial charge < -0.3 is 9.64 Å². The lowest BCUT2D eigenvalue weighted by atomic mass is 10.0. The third-order valence-corrected chi connectivity index (χ3v) is 6.06. The van der Waals surface area contributed by atoms with Gasteiger partial charge in [0.2, 0.25) is 0 Å². The van der Waals surface area contributed by atoms with Crippen LogP contribution in [0.15, 0.2) is 47.4 Å². The average Bonchev–Trinajstić information content (AvgIpc) is 2.67. The van der Waals surface area contributed by atoms with Gasteiger partial charge in [0.25, 0.3) is 15.9 Å². The van der Waals surface area contributed by atoms with Gasteiger partial charge in [-0.2, -0.15) is 0 Å². The van der Waals surface area contributed by atoms with Crippen molar-refractivity contribution in [2.45, 2.75) is 31.1 Å². The Kier molecular flexibility index (Phi) is 5.82. The predicted octanol–water partition coefficient (Wildman–Crippen LogP) is 2.98. The number of aryl methyl sites for hydroxylation is 2. The molecule has 0 aromatic heterocycles. The third-order valence-electron chi connectivity index (χ3n) is 4.66. The lowest BCUT2D eigenvalue weighted by molar-refractivity contribution is -0.122. The van der Waals surface area contributed by atoms with Crippen LogP contribution >= 0.6 is 0 Å². The zero-order valence-corrected chi connectivity index (χ0v) is 16.4. The summed E-state index contributed by atoms with van der Waals surface area (Å²) in [6.45, 7) is 2.70. The van der Waals surface area contributed by atoms with Gasteiger partial charge in [0, 0.05) is 25.0 Å². The van der Waals surface area contributed by atoms with Crippen molar-refractivity contribution in [3.63, 3.8) is 0 Å². The summed E-state index contributed by atoms with van der Waals surface area (Å²) in [4.78, 5) is 14.1. The van der Waals surface area contributed by atoms with E-state index in [0.29, 0.717) is 12.2 Å². The number of benzene rings is 2. The standard InChI is InChI=1S/C20H24N2O4S/c1-3-15-6-9-18(10-7-15)27(24,25)21-17-8-11-19-16(13-17)5-4-12-22(19)20(23)14-26-2/h6-11,13,21H,3-5,12,14H2,1-2H3. The number of rotatable bonds is 6. The molecule has 0 saturated carbocycles. The molecule has 0 radical (unpaired) electrons. The number of amides is 1. The maximum Gasteiger partial charge on any atom is 0.261 e. The molecule has 27 heavy (non-hydrogen) atoms. The molecule has 0 saturated heterocycles. The van der Waals surface area contributed by atoms with Crippen molar-refractivity contribution in [2.24, 2.45) is 0 Å². The number of ether oxygens (including phenoxy) is 1. The summed E-state index contributed by atoms with van der Waals surface area (Å²) >= 11 is 0. The fourth-order valence-electron chi connectivity index (χ4n) is 3.24. The molecule has 0 unspecified atom stereocenters. The highest BCUT2D eigenvalue weighted by molar-refractivity contribution is 7.92. The summed E-state index contributed by atoms with van der Waals surface area (Å²) < 4.78 is 32.8. The molecule has 0 atom stereocenters. The molecule has 0 spiro atoms. The number of fused-ring (bicyclic) bond motifs is 1. The van der Waals surface area contributed by atoms with Crippen LogP contribution < -0.4 is 9.62 Å². The molecule has 1 heterocycles. The van der Waals surface area contributed by atoms with Gasteiger partial charge in [0.05, 0.1) is 4.90 Å². The van der Waals surface area contributed by atoms with Crippen LogP contribution in [-0.2, 0) is 32.4 Å². The molecule has 1 amide bonds. The van der Waals surface area contributed by atoms with E-state index in [9.17, 15) is 13.2 Å². The van der Waals surface area contributed by atoms with E-state index in [-0.39, 0.29) is 17.4 Å². The Morgan fingerprint density at radius 2 is 1.93 bits per heavy atom. The molecule has 6 nitrogen and oxygen atoms in total. The lowest BCUT2D eigenvalue weighted by Gasteiger charge is -2.29. The maximum absolute atomic E-state index is 12.6. The van der Waals surface area contributed by atoms with Gasteiger partial charge in [-0.25, -0.2) is 8.42 Å². The molecule has 1 aliphatic heterocycles. The smallest absolute Gasteiger partial charge is 0.261 e. The Bertz CT molecular complexity index is 923. The second-order valence-corrected chi connectivity index (χ2v) is 8.21. The van der Waals surface area contributed by atoms with Crippen LogP contribution in [-0.4, -0.2) is 34.6 Å². The quantitative estimate of drug-likeness (QED) is 0.825. The van der Waals surface area contributed by atoms with Crippen molar-refractivity contribution in [1.82, 2.24) is 0 Å². The number of sulfonamides is 1. The van der Waals surface area contributed by atoms with Crippen LogP contribution in [0.3, 0.4) is 0 Å². The van der Waals surface area contributed by atoms with Gasteiger partial charge in [0.15, 0.2) is 0 Å². The van der Waals surface area contributed by atoms with Crippen molar-refractivity contribution in [3.8, 4) is 0 Å². The molecule has 0 aliphatic carbocycles. The van der Waals surface area contributed by atoms with E-state index in [2.05, 4.69) is 4.72 Å². The molecular formula is C20H24N2O4S. The number of hydrogen-bond acceptors (Lipinski definition) is 4. The minimum atomic E-state index is -3.65. The van der Waals surface area contributed by atoms with Crippen molar-refractivity contribution in [2.75, 3.05) is 29.9 Å². The van der Waals surface area contributed by atoms with Crippen molar-refractivity contribution in [3.05, 3.63) is 53.6 Å². The Morgan fingerprint density at radius 3 is 2.59 bits per heavy atom. The number of hydrogen-bond donors (Lipinski definition) is 1. The van der Waals surface area contributed by atoms with Crippen molar-refractivity contribution in [1.29, 1.82) is 0 Å². The topological polar surface area (TPSA) is 75.7 Å². The third kappa shape index (κ3) is 4.31. The average molecular weight is 388 g/mol. The Hall–Kier alpha value is -2.38. The van der Waals surface area contributed by atoms with Crippen LogP contribution in [0, 0.1) is 0 Å². The van der Waals surface area contributed by atoms with Crippen LogP contribution in [0.1, 0.15) is 24.5 Å². The highest BCUT2D eigenvalue weighted by atomic mass is 32.2. The molecular weight excluding hydrogens is 364 g/mol. The van der Waals surface area contributed by atoms with Gasteiger partial charge in [-0.05, 0) is 60.7 Å². The first-order valence-corrected chi connectivity index (χ1v) is 10.5. The lowest BCUT2D eigenvalue weighted by Crippen LogP contribution is -2.37. The molecule has 2 aromatic carbocycles. The first kappa shape index (κ1) is 19.4. The minimum absolute atomic E-state index is 0.0293. The summed E-state index contributed by atoms with van der Waals surface area (Å²) in [5.41, 5.74) is 3.35. The molecule has 0 fully saturated rings. The first-order chi connectivity index (χ1) is 12.9. The summed E-state index contributed by atoms with van der Waals surface area (Å²) in [5, 5.41) is 0. The number of carbonyl (C=O) groups excluding carboxylic acids is 1. The van der Waals surface area contributed by atoms with E-state index in [1.165, 1.54) is 7.11 Å². The highest BCUT2D eigenvalue weighted by Crippen LogP contribution is 2.30. The zero-order chi connectivity index (χ0) is 19.4. The summed E-state index contributed by atoms with van der Waals surface area (Å²) in [6, 6.07) is 12.2. The number of nitrogens with one attached hydrogen (secondary N) is 1. The molecule has 3 rings (SSSR count). The monoisotopic (exact) mass is 388 g/mol. The fraction of sp³-hybridized carbons (Fsp3) is 0.350. The normalized spacial score (nSPS) is 13.9. The van der Waals surface area contributed by atoms with Gasteiger partial charge in [0.1, 0.15) is 6.61 Å². The minimum Gasteiger partial charge on any atom is -0.375 e. The number of nitrogens with zero attached hydrogens (tertiary/aromatic N) is 1. The van der Waals surface area contributed by atoms with E-state index >= 15 is 0 Å². The molecule has 1 N–H and O–H groups in total.